The standard InChI is InChI=1S/C19H22BrFN2O/c1-3-23(4-2)13-15-8-6-5-7-14(15)12-22-19(24)17-11-16(21)9-10-18(17)20/h5-11H,3-4,12-13H2,1-2H3,(H,22,24)/p+1. The van der Waals surface area contributed by atoms with Crippen molar-refractivity contribution >= 4 is 21.8 Å². The zero-order chi connectivity index (χ0) is 17.5. The molecule has 0 saturated heterocycles. The van der Waals surface area contributed by atoms with Gasteiger partial charge in [0.05, 0.1) is 18.7 Å². The molecule has 3 nitrogen and oxygen atoms in total. The van der Waals surface area contributed by atoms with Crippen LogP contribution in [0.5, 0.6) is 0 Å². The second kappa shape index (κ2) is 8.94. The highest BCUT2D eigenvalue weighted by Crippen LogP contribution is 2.18. The lowest BCUT2D eigenvalue weighted by atomic mass is 10.1. The SMILES string of the molecule is CC[NH+](CC)Cc1ccccc1CNC(=O)c1cc(F)ccc1Br. The van der Waals surface area contributed by atoms with Gasteiger partial charge in [0.15, 0.2) is 0 Å². The topological polar surface area (TPSA) is 33.5 Å². The Morgan fingerprint density at radius 2 is 1.79 bits per heavy atom. The molecule has 0 fully saturated rings. The molecule has 0 bridgehead atoms. The fourth-order valence-corrected chi connectivity index (χ4v) is 3.04. The van der Waals surface area contributed by atoms with Gasteiger partial charge in [-0.1, -0.05) is 24.3 Å². The maximum absolute atomic E-state index is 13.4. The third-order valence-corrected chi connectivity index (χ3v) is 4.86. The van der Waals surface area contributed by atoms with Crippen molar-refractivity contribution in [2.75, 3.05) is 13.1 Å². The molecule has 0 aliphatic carbocycles. The fourth-order valence-electron chi connectivity index (χ4n) is 2.61. The van der Waals surface area contributed by atoms with E-state index >= 15 is 0 Å². The van der Waals surface area contributed by atoms with Crippen LogP contribution >= 0.6 is 15.9 Å². The third kappa shape index (κ3) is 4.89. The molecule has 0 atom stereocenters. The number of carbonyl (C=O) groups excluding carboxylic acids is 1. The van der Waals surface area contributed by atoms with Crippen molar-refractivity contribution in [2.24, 2.45) is 0 Å². The molecule has 0 heterocycles. The second-order valence-electron chi connectivity index (χ2n) is 5.71. The van der Waals surface area contributed by atoms with E-state index in [2.05, 4.69) is 41.2 Å². The van der Waals surface area contributed by atoms with Crippen molar-refractivity contribution in [1.82, 2.24) is 5.32 Å². The average Bonchev–Trinajstić information content (AvgIpc) is 2.60. The first-order chi connectivity index (χ1) is 11.5. The summed E-state index contributed by atoms with van der Waals surface area (Å²) in [6, 6.07) is 12.2. The van der Waals surface area contributed by atoms with E-state index in [1.165, 1.54) is 22.6 Å². The molecule has 2 rings (SSSR count). The summed E-state index contributed by atoms with van der Waals surface area (Å²) in [5, 5.41) is 2.89. The van der Waals surface area contributed by atoms with E-state index in [-0.39, 0.29) is 5.91 Å². The minimum absolute atomic E-state index is 0.286. The molecule has 0 aromatic heterocycles. The Bertz CT molecular complexity index is 702. The minimum atomic E-state index is -0.422. The lowest BCUT2D eigenvalue weighted by molar-refractivity contribution is -0.910. The summed E-state index contributed by atoms with van der Waals surface area (Å²) >= 11 is 3.29. The molecule has 0 aliphatic rings. The van der Waals surface area contributed by atoms with Gasteiger partial charge in [-0.3, -0.25) is 4.79 Å². The molecule has 2 aromatic carbocycles. The first kappa shape index (κ1) is 18.6. The predicted molar refractivity (Wildman–Crippen MR) is 97.5 cm³/mol. The monoisotopic (exact) mass is 393 g/mol. The summed E-state index contributed by atoms with van der Waals surface area (Å²) in [7, 11) is 0. The van der Waals surface area contributed by atoms with Crippen LogP contribution in [-0.4, -0.2) is 19.0 Å². The van der Waals surface area contributed by atoms with Crippen LogP contribution in [0.4, 0.5) is 4.39 Å². The van der Waals surface area contributed by atoms with E-state index in [4.69, 9.17) is 0 Å². The summed E-state index contributed by atoms with van der Waals surface area (Å²) in [5.74, 6) is -0.708. The van der Waals surface area contributed by atoms with Crippen LogP contribution in [0.25, 0.3) is 0 Å². The summed E-state index contributed by atoms with van der Waals surface area (Å²) < 4.78 is 13.9. The highest BCUT2D eigenvalue weighted by atomic mass is 79.9. The molecule has 24 heavy (non-hydrogen) atoms. The first-order valence-electron chi connectivity index (χ1n) is 8.18. The summed E-state index contributed by atoms with van der Waals surface area (Å²) in [5.41, 5.74) is 2.63. The van der Waals surface area contributed by atoms with Gasteiger partial charge in [0.2, 0.25) is 0 Å². The maximum atomic E-state index is 13.4. The first-order valence-corrected chi connectivity index (χ1v) is 8.98. The van der Waals surface area contributed by atoms with Crippen molar-refractivity contribution in [1.29, 1.82) is 0 Å². The number of hydrogen-bond donors (Lipinski definition) is 2. The van der Waals surface area contributed by atoms with Gasteiger partial charge in [0.1, 0.15) is 12.4 Å². The van der Waals surface area contributed by atoms with E-state index in [0.29, 0.717) is 16.6 Å². The highest BCUT2D eigenvalue weighted by Gasteiger charge is 2.13. The molecule has 2 N–H and O–H groups in total. The maximum Gasteiger partial charge on any atom is 0.252 e. The Morgan fingerprint density at radius 3 is 2.46 bits per heavy atom. The van der Waals surface area contributed by atoms with Gasteiger partial charge in [0, 0.05) is 16.6 Å². The quantitative estimate of drug-likeness (QED) is 0.744. The molecule has 5 heteroatoms. The van der Waals surface area contributed by atoms with Crippen LogP contribution in [0.15, 0.2) is 46.9 Å². The fraction of sp³-hybridized carbons (Fsp3) is 0.316. The third-order valence-electron chi connectivity index (χ3n) is 4.17. The molecule has 0 saturated carbocycles. The van der Waals surface area contributed by atoms with Crippen molar-refractivity contribution in [3.8, 4) is 0 Å². The van der Waals surface area contributed by atoms with Gasteiger partial charge in [0.25, 0.3) is 5.91 Å². The average molecular weight is 394 g/mol. The normalized spacial score (nSPS) is 10.9. The number of quaternary nitrogens is 1. The summed E-state index contributed by atoms with van der Waals surface area (Å²) in [6.07, 6.45) is 0. The van der Waals surface area contributed by atoms with Crippen LogP contribution < -0.4 is 10.2 Å². The zero-order valence-corrected chi connectivity index (χ0v) is 15.6. The Kier molecular flexibility index (Phi) is 6.94. The molecule has 128 valence electrons. The van der Waals surface area contributed by atoms with Gasteiger partial charge in [-0.2, -0.15) is 0 Å². The number of hydrogen-bond acceptors (Lipinski definition) is 1. The van der Waals surface area contributed by atoms with E-state index in [1.807, 2.05) is 18.2 Å². The Labute approximate surface area is 151 Å². The minimum Gasteiger partial charge on any atom is -0.348 e. The molecular formula is C19H23BrFN2O+. The second-order valence-corrected chi connectivity index (χ2v) is 6.56. The van der Waals surface area contributed by atoms with Crippen molar-refractivity contribution < 1.29 is 14.1 Å². The Morgan fingerprint density at radius 1 is 1.12 bits per heavy atom. The van der Waals surface area contributed by atoms with Crippen LogP contribution in [0.3, 0.4) is 0 Å². The summed E-state index contributed by atoms with van der Waals surface area (Å²) in [4.78, 5) is 13.8. The van der Waals surface area contributed by atoms with E-state index in [1.54, 1.807) is 6.07 Å². The molecule has 0 aliphatic heterocycles. The van der Waals surface area contributed by atoms with Gasteiger partial charge >= 0.3 is 0 Å². The number of rotatable bonds is 7. The highest BCUT2D eigenvalue weighted by molar-refractivity contribution is 9.10. The number of carbonyl (C=O) groups is 1. The van der Waals surface area contributed by atoms with Gasteiger partial charge < -0.3 is 10.2 Å². The molecule has 0 radical (unpaired) electrons. The predicted octanol–water partition coefficient (Wildman–Crippen LogP) is 2.94. The van der Waals surface area contributed by atoms with Crippen LogP contribution in [0.2, 0.25) is 0 Å². The Balaban J connectivity index is 2.09. The van der Waals surface area contributed by atoms with Gasteiger partial charge in [-0.15, -0.1) is 0 Å². The number of halogens is 2. The van der Waals surface area contributed by atoms with E-state index in [0.717, 1.165) is 25.2 Å². The van der Waals surface area contributed by atoms with E-state index < -0.39 is 5.82 Å². The van der Waals surface area contributed by atoms with Crippen molar-refractivity contribution in [2.45, 2.75) is 26.9 Å². The Hall–Kier alpha value is -1.72. The van der Waals surface area contributed by atoms with Crippen molar-refractivity contribution in [3.63, 3.8) is 0 Å². The van der Waals surface area contributed by atoms with Gasteiger partial charge in [-0.25, -0.2) is 4.39 Å². The largest absolute Gasteiger partial charge is 0.348 e. The zero-order valence-electron chi connectivity index (χ0n) is 14.0. The molecule has 0 spiro atoms. The number of benzene rings is 2. The molecule has 2 aromatic rings. The molecular weight excluding hydrogens is 371 g/mol. The van der Waals surface area contributed by atoms with E-state index in [9.17, 15) is 9.18 Å². The molecule has 0 unspecified atom stereocenters. The smallest absolute Gasteiger partial charge is 0.252 e. The number of amides is 1. The lowest BCUT2D eigenvalue weighted by Gasteiger charge is -2.18. The summed E-state index contributed by atoms with van der Waals surface area (Å²) in [6.45, 7) is 7.83. The van der Waals surface area contributed by atoms with Crippen LogP contribution in [0, 0.1) is 5.82 Å². The lowest BCUT2D eigenvalue weighted by Crippen LogP contribution is -3.10. The van der Waals surface area contributed by atoms with Crippen molar-refractivity contribution in [3.05, 3.63) is 69.4 Å². The number of nitrogens with one attached hydrogen (secondary N) is 2. The van der Waals surface area contributed by atoms with Crippen LogP contribution in [0.1, 0.15) is 35.3 Å². The van der Waals surface area contributed by atoms with Gasteiger partial charge in [-0.05, 0) is 53.5 Å². The van der Waals surface area contributed by atoms with Crippen LogP contribution in [-0.2, 0) is 13.1 Å². The molecule has 1 amide bonds.